The van der Waals surface area contributed by atoms with Crippen molar-refractivity contribution >= 4 is 46.1 Å². The van der Waals surface area contributed by atoms with Gasteiger partial charge in [-0.25, -0.2) is 0 Å². The number of nitrogens with zero attached hydrogens (tertiary/aromatic N) is 4. The van der Waals surface area contributed by atoms with Gasteiger partial charge in [0.25, 0.3) is 0 Å². The van der Waals surface area contributed by atoms with Crippen LogP contribution in [0.4, 0.5) is 0 Å². The molecule has 0 aliphatic heterocycles. The van der Waals surface area contributed by atoms with E-state index in [1.54, 1.807) is 0 Å². The van der Waals surface area contributed by atoms with E-state index in [1.807, 2.05) is 0 Å². The molecule has 4 nitrogen and oxygen atoms in total. The molecule has 0 radical (unpaired) electrons. The molecule has 0 atom stereocenters. The maximum Gasteiger partial charge on any atom is 2.00 e. The van der Waals surface area contributed by atoms with Gasteiger partial charge in [0.15, 0.2) is 0 Å². The van der Waals surface area contributed by atoms with Crippen LogP contribution in [0.3, 0.4) is 0 Å². The Kier molecular flexibility index (Phi) is 67.8. The van der Waals surface area contributed by atoms with Crippen LogP contribution < -0.4 is 59.1 Å². The standard InChI is InChI=1S/4C6H14N.2Mg.2Na/c4*1-5(2)7-6(3)4;;;;/h4*5-6H,1-4H3;;;;/q4*-1;2*+2;2*+1/p+2. The molecule has 0 fully saturated rings. The number of hydrogen-bond donors (Lipinski definition) is 0. The third-order valence-corrected chi connectivity index (χ3v) is 2.39. The molecule has 32 heavy (non-hydrogen) atoms. The topological polar surface area (TPSA) is 56.4 Å². The molecule has 0 bridgehead atoms. The van der Waals surface area contributed by atoms with Crippen LogP contribution in [0.5, 0.6) is 0 Å². The molecule has 0 aliphatic rings. The summed E-state index contributed by atoms with van der Waals surface area (Å²) in [5, 5.41) is 17.1. The summed E-state index contributed by atoms with van der Waals surface area (Å²) < 4.78 is 0. The molecule has 0 saturated heterocycles. The molecular formula is C24H58Mg2N4Na2+4. The summed E-state index contributed by atoms with van der Waals surface area (Å²) in [5.41, 5.74) is 0. The third-order valence-electron chi connectivity index (χ3n) is 2.39. The molecule has 0 aliphatic carbocycles. The zero-order valence-corrected chi connectivity index (χ0v) is 32.7. The molecule has 0 aromatic heterocycles. The SMILES string of the molecule is CC(C)[N-]C(C)C.CC(C)[N-]C(C)C.CC(C)[N-]C(C)C.CC(C)[N-]C(C)C.[H+].[H+].[Mg+2].[Mg+2].[Na+].[Na+]. The predicted molar refractivity (Wildman–Crippen MR) is 148 cm³/mol. The van der Waals surface area contributed by atoms with Crippen LogP contribution in [0.1, 0.15) is 114 Å². The van der Waals surface area contributed by atoms with E-state index in [4.69, 9.17) is 0 Å². The van der Waals surface area contributed by atoms with Gasteiger partial charge in [-0.2, -0.15) is 0 Å². The minimum atomic E-state index is 0. The average Bonchev–Trinajstić information content (AvgIpc) is 2.32. The van der Waals surface area contributed by atoms with Crippen LogP contribution in [0.15, 0.2) is 0 Å². The van der Waals surface area contributed by atoms with Crippen LogP contribution in [-0.2, 0) is 0 Å². The largest absolute Gasteiger partial charge is 2.00 e. The second-order valence-corrected chi connectivity index (χ2v) is 9.35. The van der Waals surface area contributed by atoms with Crippen LogP contribution in [0.2, 0.25) is 0 Å². The van der Waals surface area contributed by atoms with E-state index >= 15 is 0 Å². The molecule has 0 amide bonds. The van der Waals surface area contributed by atoms with Crippen molar-refractivity contribution < 1.29 is 62.0 Å². The van der Waals surface area contributed by atoms with E-state index in [9.17, 15) is 0 Å². The van der Waals surface area contributed by atoms with Gasteiger partial charge >= 0.3 is 108 Å². The second-order valence-electron chi connectivity index (χ2n) is 9.35. The minimum absolute atomic E-state index is 0. The van der Waals surface area contributed by atoms with Gasteiger partial charge in [0.1, 0.15) is 0 Å². The molecule has 176 valence electrons. The van der Waals surface area contributed by atoms with Crippen LogP contribution in [-0.4, -0.2) is 94.4 Å². The summed E-state index contributed by atoms with van der Waals surface area (Å²) in [5.74, 6) is 0. The normalized spacial score (nSPS) is 9.75. The maximum atomic E-state index is 4.28. The van der Waals surface area contributed by atoms with Crippen molar-refractivity contribution in [1.82, 2.24) is 0 Å². The van der Waals surface area contributed by atoms with Gasteiger partial charge in [-0.15, -0.1) is 48.3 Å². The fraction of sp³-hybridized carbons (Fsp3) is 1.00. The summed E-state index contributed by atoms with van der Waals surface area (Å²) >= 11 is 0. The molecule has 0 spiro atoms. The first kappa shape index (κ1) is 55.8. The first-order chi connectivity index (χ1) is 12.5. The van der Waals surface area contributed by atoms with Gasteiger partial charge in [0.05, 0.1) is 0 Å². The summed E-state index contributed by atoms with van der Waals surface area (Å²) in [7, 11) is 0. The van der Waals surface area contributed by atoms with Crippen molar-refractivity contribution in [2.45, 2.75) is 159 Å². The minimum Gasteiger partial charge on any atom is -0.658 e. The Balaban J connectivity index is -0.0000000267. The van der Waals surface area contributed by atoms with E-state index < -0.39 is 0 Å². The number of hydrogen-bond acceptors (Lipinski definition) is 0. The fourth-order valence-corrected chi connectivity index (χ4v) is 2.39. The van der Waals surface area contributed by atoms with Crippen LogP contribution in [0.25, 0.3) is 21.3 Å². The van der Waals surface area contributed by atoms with E-state index in [0.717, 1.165) is 0 Å². The summed E-state index contributed by atoms with van der Waals surface area (Å²) in [6, 6.07) is 4.00. The Morgan fingerprint density at radius 2 is 0.344 bits per heavy atom. The Morgan fingerprint density at radius 1 is 0.281 bits per heavy atom. The monoisotopic (exact) mass is 496 g/mol. The predicted octanol–water partition coefficient (Wildman–Crippen LogP) is 2.18. The van der Waals surface area contributed by atoms with Crippen molar-refractivity contribution in [3.8, 4) is 0 Å². The first-order valence-electron chi connectivity index (χ1n) is 11.3. The zero-order chi connectivity index (χ0) is 23.4. The van der Waals surface area contributed by atoms with Gasteiger partial charge < -0.3 is 21.3 Å². The molecule has 0 heterocycles. The average molecular weight is 497 g/mol. The molecule has 0 aromatic carbocycles. The molecule has 8 heteroatoms. The maximum absolute atomic E-state index is 4.28. The van der Waals surface area contributed by atoms with Crippen LogP contribution >= 0.6 is 0 Å². The second kappa shape index (κ2) is 38.9. The smallest absolute Gasteiger partial charge is 0.658 e. The Hall–Kier alpha value is 3.37. The molecule has 0 N–H and O–H groups in total. The Morgan fingerprint density at radius 3 is 0.344 bits per heavy atom. The van der Waals surface area contributed by atoms with Gasteiger partial charge in [-0.05, 0) is 0 Å². The molecule has 0 saturated carbocycles. The fourth-order valence-electron chi connectivity index (χ4n) is 2.39. The van der Waals surface area contributed by atoms with Crippen LogP contribution in [0, 0.1) is 0 Å². The Bertz CT molecular complexity index is 222. The molecule has 0 unspecified atom stereocenters. The van der Waals surface area contributed by atoms with E-state index in [2.05, 4.69) is 132 Å². The van der Waals surface area contributed by atoms with Gasteiger partial charge in [0.2, 0.25) is 0 Å². The molecular weight excluding hydrogens is 439 g/mol. The Labute approximate surface area is 285 Å². The van der Waals surface area contributed by atoms with Gasteiger partial charge in [-0.3, -0.25) is 0 Å². The van der Waals surface area contributed by atoms with Crippen molar-refractivity contribution in [2.75, 3.05) is 0 Å². The van der Waals surface area contributed by atoms with Crippen molar-refractivity contribution in [3.05, 3.63) is 21.3 Å². The third kappa shape index (κ3) is 93.2. The van der Waals surface area contributed by atoms with Gasteiger partial charge in [0, 0.05) is 0 Å². The zero-order valence-electron chi connectivity index (χ0n) is 27.8. The van der Waals surface area contributed by atoms with E-state index in [0.29, 0.717) is 48.3 Å². The molecule has 0 aromatic rings. The van der Waals surface area contributed by atoms with E-state index in [-0.39, 0.29) is 108 Å². The molecule has 0 rings (SSSR count). The van der Waals surface area contributed by atoms with Crippen molar-refractivity contribution in [2.24, 2.45) is 0 Å². The van der Waals surface area contributed by atoms with Crippen molar-refractivity contribution in [3.63, 3.8) is 0 Å². The van der Waals surface area contributed by atoms with Gasteiger partial charge in [-0.1, -0.05) is 111 Å². The van der Waals surface area contributed by atoms with E-state index in [1.165, 1.54) is 0 Å². The summed E-state index contributed by atoms with van der Waals surface area (Å²) in [6.07, 6.45) is 0. The first-order valence-corrected chi connectivity index (χ1v) is 11.3. The summed E-state index contributed by atoms with van der Waals surface area (Å²) in [4.78, 5) is 0. The van der Waals surface area contributed by atoms with Crippen molar-refractivity contribution in [1.29, 1.82) is 0 Å². The summed E-state index contributed by atoms with van der Waals surface area (Å²) in [6.45, 7) is 33.6. The number of rotatable bonds is 8. The quantitative estimate of drug-likeness (QED) is 0.462.